The predicted octanol–water partition coefficient (Wildman–Crippen LogP) is 3.44. The number of rotatable bonds is 2. The number of aromatic nitrogens is 1. The average molecular weight is 343 g/mol. The maximum atomic E-state index is 11.5. The number of carboxylic acids is 1. The smallest absolute Gasteiger partial charge is 0.336 e. The first-order valence-corrected chi connectivity index (χ1v) is 6.95. The molecule has 0 aliphatic heterocycles. The fourth-order valence-electron chi connectivity index (χ4n) is 2.15. The van der Waals surface area contributed by atoms with E-state index >= 15 is 0 Å². The Balaban J connectivity index is 2.28. The molecule has 0 aliphatic carbocycles. The molecule has 3 aromatic rings. The van der Waals surface area contributed by atoms with Crippen molar-refractivity contribution < 1.29 is 15.0 Å². The molecule has 104 valence electrons. The highest BCUT2D eigenvalue weighted by Gasteiger charge is 2.13. The summed E-state index contributed by atoms with van der Waals surface area (Å²) in [6, 6.07) is 13.0. The number of fused-ring (bicyclic) bond motifs is 1. The molecule has 5 heteroatoms. The lowest BCUT2D eigenvalue weighted by Gasteiger charge is -2.09. The molecule has 3 rings (SSSR count). The summed E-state index contributed by atoms with van der Waals surface area (Å²) in [5, 5.41) is 21.1. The van der Waals surface area contributed by atoms with E-state index in [4.69, 9.17) is 0 Å². The summed E-state index contributed by atoms with van der Waals surface area (Å²) in [5.74, 6) is -1.11. The summed E-state index contributed by atoms with van der Waals surface area (Å²) in [6.45, 7) is 0. The first kappa shape index (κ1) is 13.6. The quantitative estimate of drug-likeness (QED) is 0.774. The Morgan fingerprint density at radius 3 is 2.48 bits per heavy atom. The van der Waals surface area contributed by atoms with E-state index in [1.165, 1.54) is 18.2 Å². The van der Waals surface area contributed by atoms with Crippen molar-refractivity contribution in [1.82, 2.24) is 4.98 Å². The molecule has 0 aliphatic rings. The van der Waals surface area contributed by atoms with Gasteiger partial charge in [0.1, 0.15) is 0 Å². The minimum absolute atomic E-state index is 0.0954. The summed E-state index contributed by atoms with van der Waals surface area (Å²) in [4.78, 5) is 15.9. The molecule has 0 bridgehead atoms. The molecule has 0 fully saturated rings. The largest absolute Gasteiger partial charge is 0.872 e. The average Bonchev–Trinajstić information content (AvgIpc) is 2.46. The first-order valence-electron chi connectivity index (χ1n) is 6.15. The van der Waals surface area contributed by atoms with E-state index in [1.807, 2.05) is 6.07 Å². The van der Waals surface area contributed by atoms with E-state index in [1.54, 1.807) is 24.3 Å². The van der Waals surface area contributed by atoms with Crippen LogP contribution >= 0.6 is 15.9 Å². The van der Waals surface area contributed by atoms with Crippen molar-refractivity contribution in [2.75, 3.05) is 0 Å². The number of benzene rings is 2. The van der Waals surface area contributed by atoms with Crippen LogP contribution in [0.3, 0.4) is 0 Å². The van der Waals surface area contributed by atoms with Crippen LogP contribution in [-0.2, 0) is 0 Å². The number of carboxylic acid groups (broad SMARTS) is 1. The minimum atomic E-state index is -1.01. The van der Waals surface area contributed by atoms with Crippen molar-refractivity contribution >= 4 is 32.8 Å². The van der Waals surface area contributed by atoms with Crippen LogP contribution in [0.5, 0.6) is 5.75 Å². The zero-order valence-electron chi connectivity index (χ0n) is 10.7. The Morgan fingerprint density at radius 2 is 1.81 bits per heavy atom. The second-order valence-corrected chi connectivity index (χ2v) is 5.46. The second-order valence-electron chi connectivity index (χ2n) is 4.55. The molecule has 21 heavy (non-hydrogen) atoms. The molecule has 0 spiro atoms. The molecular weight excluding hydrogens is 334 g/mol. The van der Waals surface area contributed by atoms with Gasteiger partial charge in [-0.2, -0.15) is 0 Å². The normalized spacial score (nSPS) is 10.7. The van der Waals surface area contributed by atoms with Crippen LogP contribution in [0.15, 0.2) is 53.0 Å². The van der Waals surface area contributed by atoms with E-state index in [2.05, 4.69) is 20.9 Å². The van der Waals surface area contributed by atoms with Crippen LogP contribution in [0.1, 0.15) is 10.4 Å². The highest BCUT2D eigenvalue weighted by atomic mass is 79.9. The Labute approximate surface area is 128 Å². The monoisotopic (exact) mass is 342 g/mol. The number of pyridine rings is 1. The van der Waals surface area contributed by atoms with Crippen molar-refractivity contribution in [3.63, 3.8) is 0 Å². The SMILES string of the molecule is O=C(O)c1cc(-c2ccc([O-])cc2)nc2ccc(Br)cc12. The number of halogens is 1. The molecule has 0 atom stereocenters. The van der Waals surface area contributed by atoms with Gasteiger partial charge in [-0.15, -0.1) is 5.75 Å². The van der Waals surface area contributed by atoms with Crippen LogP contribution in [0, 0.1) is 0 Å². The standard InChI is InChI=1S/C16H10BrNO3/c17-10-3-6-14-12(7-10)13(16(20)21)8-15(18-14)9-1-4-11(19)5-2-9/h1-8,19H,(H,20,21)/p-1. The topological polar surface area (TPSA) is 73.2 Å². The number of carbonyl (C=O) groups is 1. The fourth-order valence-corrected chi connectivity index (χ4v) is 2.51. The Morgan fingerprint density at radius 1 is 1.10 bits per heavy atom. The summed E-state index contributed by atoms with van der Waals surface area (Å²) in [5.41, 5.74) is 2.02. The second kappa shape index (κ2) is 5.18. The number of hydrogen-bond acceptors (Lipinski definition) is 3. The van der Waals surface area contributed by atoms with Gasteiger partial charge in [-0.25, -0.2) is 9.78 Å². The Bertz CT molecular complexity index is 844. The molecule has 0 unspecified atom stereocenters. The van der Waals surface area contributed by atoms with E-state index in [-0.39, 0.29) is 11.3 Å². The molecule has 0 saturated heterocycles. The lowest BCUT2D eigenvalue weighted by atomic mass is 10.0. The maximum absolute atomic E-state index is 11.5. The van der Waals surface area contributed by atoms with Gasteiger partial charge in [0.2, 0.25) is 0 Å². The van der Waals surface area contributed by atoms with E-state index in [9.17, 15) is 15.0 Å². The molecule has 0 amide bonds. The summed E-state index contributed by atoms with van der Waals surface area (Å²) < 4.78 is 0.794. The van der Waals surface area contributed by atoms with Gasteiger partial charge in [-0.05, 0) is 24.3 Å². The lowest BCUT2D eigenvalue weighted by molar-refractivity contribution is -0.268. The molecule has 2 aromatic carbocycles. The minimum Gasteiger partial charge on any atom is -0.872 e. The van der Waals surface area contributed by atoms with Gasteiger partial charge in [0.25, 0.3) is 0 Å². The van der Waals surface area contributed by atoms with Gasteiger partial charge in [0.15, 0.2) is 0 Å². The molecule has 4 nitrogen and oxygen atoms in total. The van der Waals surface area contributed by atoms with E-state index in [0.29, 0.717) is 22.2 Å². The van der Waals surface area contributed by atoms with E-state index in [0.717, 1.165) is 4.47 Å². The number of aromatic carboxylic acids is 1. The number of nitrogens with zero attached hydrogens (tertiary/aromatic N) is 1. The van der Waals surface area contributed by atoms with E-state index < -0.39 is 5.97 Å². The van der Waals surface area contributed by atoms with Gasteiger partial charge in [-0.3, -0.25) is 0 Å². The van der Waals surface area contributed by atoms with Crippen LogP contribution in [0.25, 0.3) is 22.2 Å². The molecule has 0 saturated carbocycles. The summed E-state index contributed by atoms with van der Waals surface area (Å²) >= 11 is 3.33. The van der Waals surface area contributed by atoms with Gasteiger partial charge < -0.3 is 10.2 Å². The third kappa shape index (κ3) is 2.60. The van der Waals surface area contributed by atoms with Gasteiger partial charge in [0, 0.05) is 15.4 Å². The molecule has 1 N–H and O–H groups in total. The third-order valence-electron chi connectivity index (χ3n) is 3.15. The maximum Gasteiger partial charge on any atom is 0.336 e. The summed E-state index contributed by atoms with van der Waals surface area (Å²) in [6.07, 6.45) is 0. The highest BCUT2D eigenvalue weighted by molar-refractivity contribution is 9.10. The molecule has 1 heterocycles. The van der Waals surface area contributed by atoms with Crippen molar-refractivity contribution in [2.45, 2.75) is 0 Å². The molecule has 1 aromatic heterocycles. The fraction of sp³-hybridized carbons (Fsp3) is 0. The van der Waals surface area contributed by atoms with Crippen molar-refractivity contribution in [1.29, 1.82) is 0 Å². The highest BCUT2D eigenvalue weighted by Crippen LogP contribution is 2.27. The zero-order chi connectivity index (χ0) is 15.0. The Hall–Kier alpha value is -2.40. The molecule has 0 radical (unpaired) electrons. The lowest BCUT2D eigenvalue weighted by Crippen LogP contribution is -2.00. The molecular formula is C16H9BrNO3-. The predicted molar refractivity (Wildman–Crippen MR) is 81.3 cm³/mol. The Kier molecular flexibility index (Phi) is 3.35. The van der Waals surface area contributed by atoms with Crippen molar-refractivity contribution in [3.8, 4) is 17.0 Å². The number of hydrogen-bond donors (Lipinski definition) is 1. The summed E-state index contributed by atoms with van der Waals surface area (Å²) in [7, 11) is 0. The van der Waals surface area contributed by atoms with Crippen LogP contribution < -0.4 is 5.11 Å². The third-order valence-corrected chi connectivity index (χ3v) is 3.64. The van der Waals surface area contributed by atoms with Gasteiger partial charge in [0.05, 0.1) is 16.8 Å². The van der Waals surface area contributed by atoms with Crippen LogP contribution in [0.4, 0.5) is 0 Å². The van der Waals surface area contributed by atoms with Gasteiger partial charge >= 0.3 is 5.97 Å². The zero-order valence-corrected chi connectivity index (χ0v) is 12.3. The van der Waals surface area contributed by atoms with Crippen LogP contribution in [0.2, 0.25) is 0 Å². The van der Waals surface area contributed by atoms with Crippen molar-refractivity contribution in [2.24, 2.45) is 0 Å². The van der Waals surface area contributed by atoms with Crippen LogP contribution in [-0.4, -0.2) is 16.1 Å². The first-order chi connectivity index (χ1) is 10.0. The van der Waals surface area contributed by atoms with Gasteiger partial charge in [-0.1, -0.05) is 40.2 Å². The van der Waals surface area contributed by atoms with Crippen molar-refractivity contribution in [3.05, 3.63) is 58.6 Å².